The van der Waals surface area contributed by atoms with E-state index in [9.17, 15) is 9.59 Å². The number of piperidine rings is 1. The second-order valence-electron chi connectivity index (χ2n) is 6.40. The lowest BCUT2D eigenvalue weighted by molar-refractivity contribution is -0.123. The molecule has 0 aliphatic carbocycles. The number of nitrogens with two attached hydrogens (primary N) is 1. The summed E-state index contributed by atoms with van der Waals surface area (Å²) in [5.74, 6) is 0.298. The number of amides is 2. The van der Waals surface area contributed by atoms with Crippen molar-refractivity contribution in [2.75, 3.05) is 26.8 Å². The Kier molecular flexibility index (Phi) is 7.25. The van der Waals surface area contributed by atoms with Gasteiger partial charge in [0.25, 0.3) is 5.91 Å². The number of primary amides is 1. The second kappa shape index (κ2) is 9.42. The number of likely N-dealkylation sites (tertiary alicyclic amines) is 1. The quantitative estimate of drug-likeness (QED) is 0.731. The van der Waals surface area contributed by atoms with Crippen molar-refractivity contribution in [3.63, 3.8) is 0 Å². The lowest BCUT2D eigenvalue weighted by Gasteiger charge is -2.30. The van der Waals surface area contributed by atoms with Crippen LogP contribution in [-0.4, -0.2) is 43.5 Å². The van der Waals surface area contributed by atoms with Crippen LogP contribution in [-0.2, 0) is 16.1 Å². The van der Waals surface area contributed by atoms with Gasteiger partial charge in [0.05, 0.1) is 13.7 Å². The van der Waals surface area contributed by atoms with E-state index in [1.165, 1.54) is 0 Å². The molecular weight excluding hydrogens is 320 g/mol. The summed E-state index contributed by atoms with van der Waals surface area (Å²) < 4.78 is 11.0. The Balaban J connectivity index is 2.03. The van der Waals surface area contributed by atoms with Gasteiger partial charge in [-0.15, -0.1) is 0 Å². The highest BCUT2D eigenvalue weighted by Gasteiger charge is 2.26. The molecule has 2 N–H and O–H groups in total. The maximum atomic E-state index is 12.7. The largest absolute Gasteiger partial charge is 0.496 e. The van der Waals surface area contributed by atoms with Crippen molar-refractivity contribution in [1.29, 1.82) is 0 Å². The Labute approximate surface area is 149 Å². The molecule has 6 heteroatoms. The monoisotopic (exact) mass is 348 g/mol. The third kappa shape index (κ3) is 5.19. The molecule has 138 valence electrons. The molecule has 2 rings (SSSR count). The van der Waals surface area contributed by atoms with Crippen LogP contribution in [0.4, 0.5) is 0 Å². The van der Waals surface area contributed by atoms with Gasteiger partial charge in [-0.1, -0.05) is 13.3 Å². The van der Waals surface area contributed by atoms with Crippen LogP contribution >= 0.6 is 0 Å². The number of hydrogen-bond donors (Lipinski definition) is 1. The summed E-state index contributed by atoms with van der Waals surface area (Å²) in [7, 11) is 1.61. The summed E-state index contributed by atoms with van der Waals surface area (Å²) in [6, 6.07) is 5.42. The molecule has 6 nitrogen and oxygen atoms in total. The van der Waals surface area contributed by atoms with E-state index in [2.05, 4.69) is 6.92 Å². The summed E-state index contributed by atoms with van der Waals surface area (Å²) in [5.41, 5.74) is 6.84. The van der Waals surface area contributed by atoms with Crippen molar-refractivity contribution >= 4 is 11.8 Å². The van der Waals surface area contributed by atoms with Gasteiger partial charge in [0.15, 0.2) is 0 Å². The van der Waals surface area contributed by atoms with E-state index in [1.807, 2.05) is 12.1 Å². The molecule has 0 atom stereocenters. The van der Waals surface area contributed by atoms with Gasteiger partial charge in [-0.25, -0.2) is 0 Å². The van der Waals surface area contributed by atoms with Crippen LogP contribution < -0.4 is 10.5 Å². The molecule has 1 fully saturated rings. The first-order valence-electron chi connectivity index (χ1n) is 8.90. The number of unbranched alkanes of at least 4 members (excludes halogenated alkanes) is 1. The Hall–Kier alpha value is -2.08. The van der Waals surface area contributed by atoms with Crippen molar-refractivity contribution in [3.05, 3.63) is 29.3 Å². The Bertz CT molecular complexity index is 595. The highest BCUT2D eigenvalue weighted by atomic mass is 16.5. The molecule has 1 saturated heterocycles. The van der Waals surface area contributed by atoms with Crippen LogP contribution in [0.5, 0.6) is 5.75 Å². The molecule has 25 heavy (non-hydrogen) atoms. The van der Waals surface area contributed by atoms with Gasteiger partial charge in [0.2, 0.25) is 5.91 Å². The van der Waals surface area contributed by atoms with Crippen molar-refractivity contribution < 1.29 is 19.1 Å². The highest BCUT2D eigenvalue weighted by Crippen LogP contribution is 2.24. The molecule has 1 aliphatic rings. The minimum atomic E-state index is -0.275. The van der Waals surface area contributed by atoms with Gasteiger partial charge in [-0.2, -0.15) is 0 Å². The van der Waals surface area contributed by atoms with E-state index < -0.39 is 0 Å². The maximum Gasteiger partial charge on any atom is 0.253 e. The second-order valence-corrected chi connectivity index (χ2v) is 6.40. The van der Waals surface area contributed by atoms with Crippen molar-refractivity contribution in [2.45, 2.75) is 39.2 Å². The SMILES string of the molecule is CCCCOCc1cc(C(=O)N2CCC(C(N)=O)CC2)ccc1OC. The summed E-state index contributed by atoms with van der Waals surface area (Å²) >= 11 is 0. The number of carbonyl (C=O) groups excluding carboxylic acids is 2. The lowest BCUT2D eigenvalue weighted by Crippen LogP contribution is -2.41. The number of hydrogen-bond acceptors (Lipinski definition) is 4. The van der Waals surface area contributed by atoms with Gasteiger partial charge in [-0.05, 0) is 37.5 Å². The molecule has 0 radical (unpaired) electrons. The molecule has 0 spiro atoms. The number of methoxy groups -OCH3 is 1. The fourth-order valence-corrected chi connectivity index (χ4v) is 3.00. The van der Waals surface area contributed by atoms with Crippen LogP contribution in [0.25, 0.3) is 0 Å². The number of nitrogens with zero attached hydrogens (tertiary/aromatic N) is 1. The van der Waals surface area contributed by atoms with E-state index >= 15 is 0 Å². The number of rotatable bonds is 8. The number of ether oxygens (including phenoxy) is 2. The predicted molar refractivity (Wildman–Crippen MR) is 95.4 cm³/mol. The number of carbonyl (C=O) groups is 2. The number of benzene rings is 1. The van der Waals surface area contributed by atoms with Crippen LogP contribution in [0.15, 0.2) is 18.2 Å². The van der Waals surface area contributed by atoms with E-state index in [4.69, 9.17) is 15.2 Å². The fourth-order valence-electron chi connectivity index (χ4n) is 3.00. The summed E-state index contributed by atoms with van der Waals surface area (Å²) in [4.78, 5) is 25.8. The van der Waals surface area contributed by atoms with Crippen molar-refractivity contribution in [3.8, 4) is 5.75 Å². The lowest BCUT2D eigenvalue weighted by atomic mass is 9.95. The average Bonchev–Trinajstić information content (AvgIpc) is 2.64. The Morgan fingerprint density at radius 2 is 2.00 bits per heavy atom. The zero-order valence-electron chi connectivity index (χ0n) is 15.1. The zero-order valence-corrected chi connectivity index (χ0v) is 15.1. The zero-order chi connectivity index (χ0) is 18.2. The minimum Gasteiger partial charge on any atom is -0.496 e. The topological polar surface area (TPSA) is 81.9 Å². The van der Waals surface area contributed by atoms with Gasteiger partial charge in [0.1, 0.15) is 5.75 Å². The summed E-state index contributed by atoms with van der Waals surface area (Å²) in [6.45, 7) is 4.35. The van der Waals surface area contributed by atoms with Gasteiger partial charge >= 0.3 is 0 Å². The van der Waals surface area contributed by atoms with Crippen LogP contribution in [0, 0.1) is 5.92 Å². The van der Waals surface area contributed by atoms with Crippen LogP contribution in [0.2, 0.25) is 0 Å². The van der Waals surface area contributed by atoms with Crippen molar-refractivity contribution in [2.24, 2.45) is 11.7 Å². The van der Waals surface area contributed by atoms with E-state index in [0.717, 1.165) is 24.2 Å². The summed E-state index contributed by atoms with van der Waals surface area (Å²) in [5, 5.41) is 0. The molecule has 0 bridgehead atoms. The fraction of sp³-hybridized carbons (Fsp3) is 0.579. The van der Waals surface area contributed by atoms with Gasteiger partial charge < -0.3 is 20.1 Å². The van der Waals surface area contributed by atoms with Gasteiger partial charge in [0, 0.05) is 36.7 Å². The van der Waals surface area contributed by atoms with Crippen molar-refractivity contribution in [1.82, 2.24) is 4.90 Å². The summed E-state index contributed by atoms with van der Waals surface area (Å²) in [6.07, 6.45) is 3.35. The average molecular weight is 348 g/mol. The van der Waals surface area contributed by atoms with Gasteiger partial charge in [-0.3, -0.25) is 9.59 Å². The first-order chi connectivity index (χ1) is 12.1. The third-order valence-corrected chi connectivity index (χ3v) is 4.61. The molecule has 0 saturated carbocycles. The maximum absolute atomic E-state index is 12.7. The molecular formula is C19H28N2O4. The van der Waals surface area contributed by atoms with E-state index in [0.29, 0.717) is 44.7 Å². The Morgan fingerprint density at radius 3 is 2.60 bits per heavy atom. The molecule has 2 amide bonds. The van der Waals surface area contributed by atoms with Crippen LogP contribution in [0.3, 0.4) is 0 Å². The van der Waals surface area contributed by atoms with Crippen LogP contribution in [0.1, 0.15) is 48.5 Å². The molecule has 0 unspecified atom stereocenters. The molecule has 1 aliphatic heterocycles. The molecule has 1 aromatic rings. The first-order valence-corrected chi connectivity index (χ1v) is 8.90. The normalized spacial score (nSPS) is 15.2. The third-order valence-electron chi connectivity index (χ3n) is 4.61. The predicted octanol–water partition coefficient (Wildman–Crippen LogP) is 2.35. The standard InChI is InChI=1S/C19H28N2O4/c1-3-4-11-25-13-16-12-15(5-6-17(16)24-2)19(23)21-9-7-14(8-10-21)18(20)22/h5-6,12,14H,3-4,7-11,13H2,1-2H3,(H2,20,22). The molecule has 0 aromatic heterocycles. The highest BCUT2D eigenvalue weighted by molar-refractivity contribution is 5.94. The molecule has 1 aromatic carbocycles. The minimum absolute atomic E-state index is 0.0274. The van der Waals surface area contributed by atoms with E-state index in [1.54, 1.807) is 18.1 Å². The Morgan fingerprint density at radius 1 is 1.28 bits per heavy atom. The van der Waals surface area contributed by atoms with E-state index in [-0.39, 0.29) is 17.7 Å². The first kappa shape index (κ1) is 19.2. The smallest absolute Gasteiger partial charge is 0.253 e. The molecule has 1 heterocycles.